The summed E-state index contributed by atoms with van der Waals surface area (Å²) < 4.78 is 24.2. The van der Waals surface area contributed by atoms with Crippen molar-refractivity contribution in [3.8, 4) is 5.75 Å². The third-order valence-corrected chi connectivity index (χ3v) is 3.41. The van der Waals surface area contributed by atoms with E-state index in [9.17, 15) is 14.0 Å². The lowest BCUT2D eigenvalue weighted by Crippen LogP contribution is -2.42. The molecule has 0 bridgehead atoms. The molecule has 2 amide bonds. The first-order valence-corrected chi connectivity index (χ1v) is 8.22. The quantitative estimate of drug-likeness (QED) is 0.730. The molecule has 8 heteroatoms. The molecule has 0 heterocycles. The third-order valence-electron chi connectivity index (χ3n) is 2.80. The van der Waals surface area contributed by atoms with Gasteiger partial charge in [-0.1, -0.05) is 0 Å². The average molecular weight is 405 g/mol. The Morgan fingerprint density at radius 1 is 1.38 bits per heavy atom. The van der Waals surface area contributed by atoms with E-state index in [0.29, 0.717) is 12.2 Å². The number of hydrogen-bond donors (Lipinski definition) is 2. The van der Waals surface area contributed by atoms with Gasteiger partial charge in [0.15, 0.2) is 0 Å². The van der Waals surface area contributed by atoms with Crippen LogP contribution in [0, 0.1) is 5.82 Å². The van der Waals surface area contributed by atoms with Gasteiger partial charge in [0.05, 0.1) is 10.5 Å². The molecule has 1 rings (SSSR count). The van der Waals surface area contributed by atoms with E-state index in [-0.39, 0.29) is 17.5 Å². The van der Waals surface area contributed by atoms with E-state index in [0.717, 1.165) is 0 Å². The number of benzene rings is 1. The van der Waals surface area contributed by atoms with E-state index in [1.165, 1.54) is 18.2 Å². The summed E-state index contributed by atoms with van der Waals surface area (Å²) in [5.41, 5.74) is 4.51. The van der Waals surface area contributed by atoms with E-state index >= 15 is 0 Å². The first kappa shape index (κ1) is 20.2. The summed E-state index contributed by atoms with van der Waals surface area (Å²) in [7, 11) is 0. The van der Waals surface area contributed by atoms with E-state index in [1.807, 2.05) is 0 Å². The summed E-state index contributed by atoms with van der Waals surface area (Å²) >= 11 is 3.07. The van der Waals surface area contributed by atoms with Crippen molar-refractivity contribution >= 4 is 27.9 Å². The van der Waals surface area contributed by atoms with Gasteiger partial charge in [0.1, 0.15) is 23.8 Å². The van der Waals surface area contributed by atoms with Crippen molar-refractivity contribution in [2.45, 2.75) is 45.3 Å². The molecular weight excluding hydrogens is 383 g/mol. The Morgan fingerprint density at radius 3 is 2.58 bits per heavy atom. The van der Waals surface area contributed by atoms with Gasteiger partial charge in [0.2, 0.25) is 5.91 Å². The molecule has 0 saturated heterocycles. The molecule has 1 aromatic carbocycles. The number of hydrogen-bond acceptors (Lipinski definition) is 4. The van der Waals surface area contributed by atoms with Gasteiger partial charge in [-0.2, -0.15) is 0 Å². The van der Waals surface area contributed by atoms with Crippen LogP contribution in [0.2, 0.25) is 0 Å². The Bertz CT molecular complexity index is 590. The van der Waals surface area contributed by atoms with Gasteiger partial charge in [-0.25, -0.2) is 9.18 Å². The zero-order valence-corrected chi connectivity index (χ0v) is 15.5. The molecule has 24 heavy (non-hydrogen) atoms. The Morgan fingerprint density at radius 2 is 2.04 bits per heavy atom. The fraction of sp³-hybridized carbons (Fsp3) is 0.500. The van der Waals surface area contributed by atoms with Crippen LogP contribution < -0.4 is 15.8 Å². The minimum atomic E-state index is -0.638. The summed E-state index contributed by atoms with van der Waals surface area (Å²) in [4.78, 5) is 22.8. The minimum Gasteiger partial charge on any atom is -0.491 e. The summed E-state index contributed by atoms with van der Waals surface area (Å²) in [6.45, 7) is 5.33. The van der Waals surface area contributed by atoms with Gasteiger partial charge in [-0.05, 0) is 61.3 Å². The van der Waals surface area contributed by atoms with Crippen molar-refractivity contribution in [2.24, 2.45) is 5.73 Å². The molecule has 134 valence electrons. The molecule has 0 spiro atoms. The van der Waals surface area contributed by atoms with Crippen molar-refractivity contribution < 1.29 is 23.5 Å². The Kier molecular flexibility index (Phi) is 7.47. The molecule has 0 aliphatic heterocycles. The predicted octanol–water partition coefficient (Wildman–Crippen LogP) is 3.13. The van der Waals surface area contributed by atoms with E-state index < -0.39 is 29.5 Å². The van der Waals surface area contributed by atoms with Crippen LogP contribution in [0.3, 0.4) is 0 Å². The van der Waals surface area contributed by atoms with Crippen LogP contribution in [-0.4, -0.2) is 30.3 Å². The van der Waals surface area contributed by atoms with Gasteiger partial charge in [0.25, 0.3) is 0 Å². The van der Waals surface area contributed by atoms with Gasteiger partial charge in [0, 0.05) is 6.42 Å². The number of primary amides is 1. The SMILES string of the molecule is CC(C)(C)OC(=O)N[C@@H](CCC(N)=O)COc1ccc(F)c(Br)c1. The first-order chi connectivity index (χ1) is 11.1. The molecule has 6 nitrogen and oxygen atoms in total. The van der Waals surface area contributed by atoms with Gasteiger partial charge < -0.3 is 20.5 Å². The third kappa shape index (κ3) is 8.14. The maximum Gasteiger partial charge on any atom is 0.407 e. The maximum absolute atomic E-state index is 13.2. The van der Waals surface area contributed by atoms with Crippen LogP contribution >= 0.6 is 15.9 Å². The number of nitrogens with two attached hydrogens (primary N) is 1. The highest BCUT2D eigenvalue weighted by Gasteiger charge is 2.20. The van der Waals surface area contributed by atoms with Crippen LogP contribution in [0.15, 0.2) is 22.7 Å². The monoisotopic (exact) mass is 404 g/mol. The molecule has 1 aromatic rings. The number of halogens is 2. The lowest BCUT2D eigenvalue weighted by atomic mass is 10.1. The number of carbonyl (C=O) groups is 2. The van der Waals surface area contributed by atoms with Crippen LogP contribution in [0.25, 0.3) is 0 Å². The van der Waals surface area contributed by atoms with E-state index in [1.54, 1.807) is 20.8 Å². The van der Waals surface area contributed by atoms with E-state index in [2.05, 4.69) is 21.2 Å². The molecule has 1 atom stereocenters. The van der Waals surface area contributed by atoms with Crippen LogP contribution in [-0.2, 0) is 9.53 Å². The molecule has 0 fully saturated rings. The van der Waals surface area contributed by atoms with Crippen LogP contribution in [0.5, 0.6) is 5.75 Å². The number of rotatable bonds is 7. The minimum absolute atomic E-state index is 0.0879. The fourth-order valence-electron chi connectivity index (χ4n) is 1.75. The smallest absolute Gasteiger partial charge is 0.407 e. The standard InChI is InChI=1S/C16H22BrFN2O4/c1-16(2,3)24-15(22)20-10(4-7-14(19)21)9-23-11-5-6-13(18)12(17)8-11/h5-6,8,10H,4,7,9H2,1-3H3,(H2,19,21)(H,20,22)/t10-/m0/s1. The molecule has 0 aliphatic carbocycles. The largest absolute Gasteiger partial charge is 0.491 e. The predicted molar refractivity (Wildman–Crippen MR) is 91.2 cm³/mol. The Labute approximate surface area is 149 Å². The summed E-state index contributed by atoms with van der Waals surface area (Å²) in [6.07, 6.45) is -0.214. The average Bonchev–Trinajstić information content (AvgIpc) is 2.43. The van der Waals surface area contributed by atoms with Gasteiger partial charge >= 0.3 is 6.09 Å². The number of nitrogens with one attached hydrogen (secondary N) is 1. The number of amides is 2. The second-order valence-corrected chi connectivity index (χ2v) is 7.09. The molecule has 0 saturated carbocycles. The molecule has 0 aromatic heterocycles. The van der Waals surface area contributed by atoms with Gasteiger partial charge in [-0.15, -0.1) is 0 Å². The fourth-order valence-corrected chi connectivity index (χ4v) is 2.11. The van der Waals surface area contributed by atoms with Gasteiger partial charge in [-0.3, -0.25) is 4.79 Å². The summed E-state index contributed by atoms with van der Waals surface area (Å²) in [5.74, 6) is -0.451. The second-order valence-electron chi connectivity index (χ2n) is 6.24. The molecule has 0 radical (unpaired) electrons. The Balaban J connectivity index is 2.65. The topological polar surface area (TPSA) is 90.6 Å². The van der Waals surface area contributed by atoms with Crippen LogP contribution in [0.4, 0.5) is 9.18 Å². The lowest BCUT2D eigenvalue weighted by Gasteiger charge is -2.23. The van der Waals surface area contributed by atoms with Crippen molar-refractivity contribution in [1.29, 1.82) is 0 Å². The molecule has 0 aliphatic rings. The Hall–Kier alpha value is -1.83. The lowest BCUT2D eigenvalue weighted by molar-refractivity contribution is -0.118. The van der Waals surface area contributed by atoms with Crippen LogP contribution in [0.1, 0.15) is 33.6 Å². The zero-order valence-electron chi connectivity index (χ0n) is 13.9. The number of alkyl carbamates (subject to hydrolysis) is 1. The zero-order chi connectivity index (χ0) is 18.3. The van der Waals surface area contributed by atoms with Crippen molar-refractivity contribution in [1.82, 2.24) is 5.32 Å². The number of carbonyl (C=O) groups excluding carboxylic acids is 2. The molecule has 3 N–H and O–H groups in total. The highest BCUT2D eigenvalue weighted by molar-refractivity contribution is 9.10. The van der Waals surface area contributed by atoms with Crippen molar-refractivity contribution in [2.75, 3.05) is 6.61 Å². The summed E-state index contributed by atoms with van der Waals surface area (Å²) in [5, 5.41) is 2.65. The summed E-state index contributed by atoms with van der Waals surface area (Å²) in [6, 6.07) is 3.74. The maximum atomic E-state index is 13.2. The molecule has 0 unspecified atom stereocenters. The normalized spacial score (nSPS) is 12.4. The second kappa shape index (κ2) is 8.86. The molecular formula is C16H22BrFN2O4. The van der Waals surface area contributed by atoms with Crippen molar-refractivity contribution in [3.63, 3.8) is 0 Å². The first-order valence-electron chi connectivity index (χ1n) is 7.42. The highest BCUT2D eigenvalue weighted by Crippen LogP contribution is 2.22. The number of ether oxygens (including phenoxy) is 2. The van der Waals surface area contributed by atoms with Crippen molar-refractivity contribution in [3.05, 3.63) is 28.5 Å². The van der Waals surface area contributed by atoms with E-state index in [4.69, 9.17) is 15.2 Å². The highest BCUT2D eigenvalue weighted by atomic mass is 79.9.